The van der Waals surface area contributed by atoms with Crippen LogP contribution in [0.4, 0.5) is 4.79 Å². The van der Waals surface area contributed by atoms with E-state index in [4.69, 9.17) is 0 Å². The molecule has 95 valence electrons. The molecule has 5 nitrogen and oxygen atoms in total. The Morgan fingerprint density at radius 1 is 1.12 bits per heavy atom. The topological polar surface area (TPSA) is 57.7 Å². The van der Waals surface area contributed by atoms with Crippen LogP contribution in [-0.2, 0) is 9.59 Å². The van der Waals surface area contributed by atoms with Gasteiger partial charge in [-0.05, 0) is 6.92 Å². The van der Waals surface area contributed by atoms with Crippen LogP contribution >= 0.6 is 0 Å². The van der Waals surface area contributed by atoms with E-state index in [9.17, 15) is 14.4 Å². The van der Waals surface area contributed by atoms with Gasteiger partial charge in [0.15, 0.2) is 0 Å². The summed E-state index contributed by atoms with van der Waals surface area (Å²) < 4.78 is 1.43. The van der Waals surface area contributed by atoms with E-state index in [1.807, 2.05) is 0 Å². The van der Waals surface area contributed by atoms with Crippen molar-refractivity contribution in [3.63, 3.8) is 0 Å². The number of rotatable bonds is 2. The average Bonchev–Trinajstić information content (AvgIpc) is 2.33. The molecular formula is C11H19N2O3Sn. The summed E-state index contributed by atoms with van der Waals surface area (Å²) in [6.07, 6.45) is 2.80. The Balaban J connectivity index is 0.000000437. The molecule has 4 amide bonds. The van der Waals surface area contributed by atoms with Crippen LogP contribution in [0.2, 0.25) is 4.44 Å². The number of hydrogen-bond donors (Lipinski definition) is 0. The number of urea groups is 1. The molecule has 0 atom stereocenters. The number of carbonyl (C=O) groups is 3. The molecule has 1 aliphatic rings. The number of barbiturate groups is 1. The van der Waals surface area contributed by atoms with E-state index in [2.05, 4.69) is 6.92 Å². The van der Waals surface area contributed by atoms with Gasteiger partial charge in [-0.1, -0.05) is 0 Å². The number of hydrogen-bond acceptors (Lipinski definition) is 3. The van der Waals surface area contributed by atoms with Crippen molar-refractivity contribution in [1.82, 2.24) is 9.80 Å². The number of unbranched alkanes of at least 4 members (excludes halogenated alkanes) is 1. The second kappa shape index (κ2) is 7.68. The molecule has 0 saturated carbocycles. The molecule has 3 radical (unpaired) electrons. The van der Waals surface area contributed by atoms with Gasteiger partial charge in [-0.25, -0.2) is 4.79 Å². The second-order valence-electron chi connectivity index (χ2n) is 3.90. The molecule has 1 rings (SSSR count). The van der Waals surface area contributed by atoms with E-state index in [-0.39, 0.29) is 0 Å². The number of carbonyl (C=O) groups excluding carboxylic acids is 3. The Bertz CT molecular complexity index is 244. The molecule has 0 N–H and O–H groups in total. The van der Waals surface area contributed by atoms with E-state index in [1.165, 1.54) is 38.3 Å². The van der Waals surface area contributed by atoms with Crippen LogP contribution in [0.3, 0.4) is 0 Å². The molecule has 0 aromatic carbocycles. The van der Waals surface area contributed by atoms with E-state index < -0.39 is 23.8 Å². The molecule has 0 bridgehead atoms. The van der Waals surface area contributed by atoms with Crippen molar-refractivity contribution < 1.29 is 14.4 Å². The van der Waals surface area contributed by atoms with Crippen LogP contribution < -0.4 is 0 Å². The van der Waals surface area contributed by atoms with Crippen LogP contribution in [0, 0.1) is 5.92 Å². The van der Waals surface area contributed by atoms with Gasteiger partial charge >= 0.3 is 52.8 Å². The van der Waals surface area contributed by atoms with Gasteiger partial charge in [0.25, 0.3) is 0 Å². The van der Waals surface area contributed by atoms with Crippen molar-refractivity contribution in [2.75, 3.05) is 14.1 Å². The summed E-state index contributed by atoms with van der Waals surface area (Å²) in [6.45, 7) is 3.72. The predicted molar refractivity (Wildman–Crippen MR) is 65.6 cm³/mol. The van der Waals surface area contributed by atoms with Gasteiger partial charge in [0.05, 0.1) is 0 Å². The van der Waals surface area contributed by atoms with Crippen molar-refractivity contribution in [2.24, 2.45) is 5.92 Å². The maximum absolute atomic E-state index is 11.1. The third-order valence-corrected chi connectivity index (χ3v) is 3.52. The molecule has 17 heavy (non-hydrogen) atoms. The molecule has 1 aliphatic heterocycles. The first kappa shape index (κ1) is 16.4. The van der Waals surface area contributed by atoms with E-state index in [1.54, 1.807) is 22.5 Å². The summed E-state index contributed by atoms with van der Waals surface area (Å²) in [5, 5.41) is 0. The Kier molecular flexibility index (Phi) is 7.41. The minimum absolute atomic E-state index is 0.442. The first-order valence-corrected chi connectivity index (χ1v) is 7.63. The van der Waals surface area contributed by atoms with E-state index in [0.29, 0.717) is 0 Å². The van der Waals surface area contributed by atoms with Crippen LogP contribution in [-0.4, -0.2) is 64.3 Å². The molecule has 0 spiro atoms. The molecule has 1 heterocycles. The van der Waals surface area contributed by atoms with Crippen LogP contribution in [0.1, 0.15) is 26.7 Å². The van der Waals surface area contributed by atoms with Gasteiger partial charge in [0, 0.05) is 14.1 Å². The SMILES string of the molecule is CC1C(=O)N(C)C(=O)N(C)C1=O.CCC[CH2][Sn]. The van der Waals surface area contributed by atoms with Gasteiger partial charge in [-0.3, -0.25) is 19.4 Å². The van der Waals surface area contributed by atoms with Crippen LogP contribution in [0.25, 0.3) is 0 Å². The molecule has 1 fully saturated rings. The Labute approximate surface area is 116 Å². The quantitative estimate of drug-likeness (QED) is 0.555. The first-order chi connectivity index (χ1) is 7.88. The summed E-state index contributed by atoms with van der Waals surface area (Å²) in [7, 11) is 2.73. The molecule has 6 heteroatoms. The van der Waals surface area contributed by atoms with Crippen molar-refractivity contribution in [3.05, 3.63) is 0 Å². The molecule has 0 unspecified atom stereocenters. The van der Waals surface area contributed by atoms with Gasteiger partial charge in [-0.2, -0.15) is 0 Å². The summed E-state index contributed by atoms with van der Waals surface area (Å²) in [4.78, 5) is 35.3. The first-order valence-electron chi connectivity index (χ1n) is 5.62. The van der Waals surface area contributed by atoms with Gasteiger partial charge in [0.2, 0.25) is 11.8 Å². The zero-order valence-corrected chi connectivity index (χ0v) is 13.7. The zero-order valence-electron chi connectivity index (χ0n) is 10.8. The standard InChI is InChI=1S/C7H10N2O3.C4H9.Sn/c1-4-5(10)8(2)7(12)9(3)6(4)11;1-3-4-2;/h4H,1-3H3;1,3-4H2,2H3;. The number of imide groups is 2. The Hall–Kier alpha value is -0.591. The molecule has 0 aromatic heterocycles. The summed E-state index contributed by atoms with van der Waals surface area (Å²) in [5.74, 6) is -1.62. The Morgan fingerprint density at radius 3 is 1.76 bits per heavy atom. The summed E-state index contributed by atoms with van der Waals surface area (Å²) in [6, 6.07) is -0.567. The fourth-order valence-electron chi connectivity index (χ4n) is 1.28. The van der Waals surface area contributed by atoms with Crippen molar-refractivity contribution >= 4 is 40.4 Å². The monoisotopic (exact) mass is 347 g/mol. The summed E-state index contributed by atoms with van der Waals surface area (Å²) in [5.41, 5.74) is 0. The second-order valence-corrected chi connectivity index (χ2v) is 5.33. The molecule has 1 saturated heterocycles. The van der Waals surface area contributed by atoms with Crippen LogP contribution in [0.5, 0.6) is 0 Å². The fraction of sp³-hybridized carbons (Fsp3) is 0.727. The van der Waals surface area contributed by atoms with Gasteiger partial charge in [-0.15, -0.1) is 0 Å². The van der Waals surface area contributed by atoms with Crippen LogP contribution in [0.15, 0.2) is 0 Å². The Morgan fingerprint density at radius 2 is 1.53 bits per heavy atom. The fourth-order valence-corrected chi connectivity index (χ4v) is 2.29. The number of amides is 4. The predicted octanol–water partition coefficient (Wildman–Crippen LogP) is 1.05. The van der Waals surface area contributed by atoms with Gasteiger partial charge in [0.1, 0.15) is 5.92 Å². The van der Waals surface area contributed by atoms with Gasteiger partial charge < -0.3 is 0 Å². The van der Waals surface area contributed by atoms with E-state index in [0.717, 1.165) is 9.80 Å². The normalized spacial score (nSPS) is 17.1. The minimum atomic E-state index is -0.738. The third kappa shape index (κ3) is 4.29. The van der Waals surface area contributed by atoms with Crippen molar-refractivity contribution in [2.45, 2.75) is 31.1 Å². The molecular weight excluding hydrogens is 327 g/mol. The third-order valence-electron chi connectivity index (χ3n) is 2.51. The number of nitrogens with zero attached hydrogens (tertiary/aromatic N) is 2. The van der Waals surface area contributed by atoms with Crippen molar-refractivity contribution in [1.29, 1.82) is 0 Å². The molecule has 0 aromatic rings. The van der Waals surface area contributed by atoms with E-state index >= 15 is 0 Å². The molecule has 0 aliphatic carbocycles. The zero-order chi connectivity index (χ0) is 13.6. The van der Waals surface area contributed by atoms with Crippen molar-refractivity contribution in [3.8, 4) is 0 Å². The summed E-state index contributed by atoms with van der Waals surface area (Å²) >= 11 is 1.68. The maximum atomic E-state index is 11.1. The average molecular weight is 346 g/mol.